The van der Waals surface area contributed by atoms with E-state index in [4.69, 9.17) is 5.11 Å². The van der Waals surface area contributed by atoms with Gasteiger partial charge in [-0.15, -0.1) is 0 Å². The maximum absolute atomic E-state index is 8.92. The number of aliphatic hydroxyl groups is 1. The van der Waals surface area contributed by atoms with Gasteiger partial charge in [0.1, 0.15) is 0 Å². The summed E-state index contributed by atoms with van der Waals surface area (Å²) in [7, 11) is 10.6. The monoisotopic (exact) mass is 302 g/mol. The second-order valence-corrected chi connectivity index (χ2v) is 6.54. The fourth-order valence-electron chi connectivity index (χ4n) is 2.40. The van der Waals surface area contributed by atoms with Gasteiger partial charge in [0.15, 0.2) is 0 Å². The fraction of sp³-hybridized carbons (Fsp3) is 1.00. The van der Waals surface area contributed by atoms with Crippen molar-refractivity contribution in [2.24, 2.45) is 0 Å². The Labute approximate surface area is 132 Å². The van der Waals surface area contributed by atoms with Crippen molar-refractivity contribution in [2.45, 2.75) is 19.3 Å². The highest BCUT2D eigenvalue weighted by Gasteiger charge is 2.06. The molecule has 5 heteroatoms. The molecular weight excluding hydrogens is 264 g/mol. The first kappa shape index (κ1) is 20.8. The molecule has 21 heavy (non-hydrogen) atoms. The van der Waals surface area contributed by atoms with Crippen LogP contribution in [-0.2, 0) is 0 Å². The van der Waals surface area contributed by atoms with Crippen molar-refractivity contribution in [3.05, 3.63) is 0 Å². The Morgan fingerprint density at radius 1 is 0.571 bits per heavy atom. The number of hydrogen-bond acceptors (Lipinski definition) is 5. The Balaban J connectivity index is 3.93. The molecule has 0 bridgehead atoms. The second-order valence-electron chi connectivity index (χ2n) is 6.54. The van der Waals surface area contributed by atoms with Crippen LogP contribution in [0.25, 0.3) is 0 Å². The molecule has 0 spiro atoms. The summed E-state index contributed by atoms with van der Waals surface area (Å²) in [5.41, 5.74) is 0. The lowest BCUT2D eigenvalue weighted by Crippen LogP contribution is -2.33. The predicted octanol–water partition coefficient (Wildman–Crippen LogP) is 0.506. The third-order valence-electron chi connectivity index (χ3n) is 3.66. The zero-order valence-corrected chi connectivity index (χ0v) is 15.0. The van der Waals surface area contributed by atoms with E-state index in [1.54, 1.807) is 0 Å². The molecule has 0 aromatic rings. The summed E-state index contributed by atoms with van der Waals surface area (Å²) in [6.07, 6.45) is 3.66. The van der Waals surface area contributed by atoms with E-state index in [-0.39, 0.29) is 6.61 Å². The smallest absolute Gasteiger partial charge is 0.0558 e. The maximum Gasteiger partial charge on any atom is 0.0558 e. The van der Waals surface area contributed by atoms with E-state index in [1.807, 2.05) is 0 Å². The summed E-state index contributed by atoms with van der Waals surface area (Å²) >= 11 is 0. The van der Waals surface area contributed by atoms with Crippen LogP contribution >= 0.6 is 0 Å². The molecule has 0 radical (unpaired) electrons. The average molecular weight is 303 g/mol. The third-order valence-corrected chi connectivity index (χ3v) is 3.66. The molecule has 0 saturated carbocycles. The Morgan fingerprint density at radius 3 is 1.38 bits per heavy atom. The van der Waals surface area contributed by atoms with Gasteiger partial charge in [-0.25, -0.2) is 0 Å². The Hall–Kier alpha value is -0.200. The molecule has 0 heterocycles. The van der Waals surface area contributed by atoms with Crippen molar-refractivity contribution in [1.29, 1.82) is 0 Å². The van der Waals surface area contributed by atoms with Gasteiger partial charge in [0.2, 0.25) is 0 Å². The van der Waals surface area contributed by atoms with Gasteiger partial charge < -0.3 is 24.7 Å². The van der Waals surface area contributed by atoms with Crippen LogP contribution in [0.3, 0.4) is 0 Å². The normalized spacial score (nSPS) is 12.3. The molecular formula is C16H38N4O. The topological polar surface area (TPSA) is 33.2 Å². The molecule has 0 amide bonds. The van der Waals surface area contributed by atoms with E-state index >= 15 is 0 Å². The standard InChI is InChI=1S/C16H38N4O/c1-17(2)9-6-12-20(13-7-10-18(3)4)14-8-11-19(5)15-16-21/h21H,6-16H2,1-5H3. The summed E-state index contributed by atoms with van der Waals surface area (Å²) in [6, 6.07) is 0. The molecule has 1 N–H and O–H groups in total. The van der Waals surface area contributed by atoms with Gasteiger partial charge in [0.25, 0.3) is 0 Å². The first-order valence-electron chi connectivity index (χ1n) is 8.27. The number of rotatable bonds is 14. The van der Waals surface area contributed by atoms with Crippen molar-refractivity contribution in [2.75, 3.05) is 87.7 Å². The minimum atomic E-state index is 0.256. The maximum atomic E-state index is 8.92. The highest BCUT2D eigenvalue weighted by Crippen LogP contribution is 1.99. The average Bonchev–Trinajstić information content (AvgIpc) is 2.37. The molecule has 128 valence electrons. The molecule has 0 aliphatic carbocycles. The van der Waals surface area contributed by atoms with Crippen molar-refractivity contribution < 1.29 is 5.11 Å². The number of nitrogens with zero attached hydrogens (tertiary/aromatic N) is 4. The number of aliphatic hydroxyl groups excluding tert-OH is 1. The Morgan fingerprint density at radius 2 is 1.00 bits per heavy atom. The van der Waals surface area contributed by atoms with Crippen LogP contribution in [0.1, 0.15) is 19.3 Å². The molecule has 5 nitrogen and oxygen atoms in total. The van der Waals surface area contributed by atoms with E-state index in [1.165, 1.54) is 32.4 Å². The molecule has 0 unspecified atom stereocenters. The lowest BCUT2D eigenvalue weighted by molar-refractivity contribution is 0.199. The van der Waals surface area contributed by atoms with Crippen molar-refractivity contribution >= 4 is 0 Å². The first-order valence-corrected chi connectivity index (χ1v) is 8.27. The zero-order chi connectivity index (χ0) is 16.1. The van der Waals surface area contributed by atoms with Crippen LogP contribution in [-0.4, -0.2) is 112 Å². The van der Waals surface area contributed by atoms with Crippen molar-refractivity contribution in [1.82, 2.24) is 19.6 Å². The molecule has 0 rings (SSSR count). The van der Waals surface area contributed by atoms with Crippen LogP contribution in [0.4, 0.5) is 0 Å². The highest BCUT2D eigenvalue weighted by molar-refractivity contribution is 4.62. The minimum Gasteiger partial charge on any atom is -0.395 e. The molecule has 0 atom stereocenters. The molecule has 0 aliphatic rings. The molecule has 0 aromatic heterocycles. The van der Waals surface area contributed by atoms with Gasteiger partial charge >= 0.3 is 0 Å². The second kappa shape index (κ2) is 13.5. The van der Waals surface area contributed by atoms with Gasteiger partial charge in [0.05, 0.1) is 6.61 Å². The summed E-state index contributed by atoms with van der Waals surface area (Å²) < 4.78 is 0. The Bertz CT molecular complexity index is 210. The summed E-state index contributed by atoms with van der Waals surface area (Å²) in [5, 5.41) is 8.92. The zero-order valence-electron chi connectivity index (χ0n) is 15.0. The van der Waals surface area contributed by atoms with Gasteiger partial charge in [-0.05, 0) is 93.8 Å². The van der Waals surface area contributed by atoms with Gasteiger partial charge in [-0.3, -0.25) is 0 Å². The summed E-state index contributed by atoms with van der Waals surface area (Å²) in [5.74, 6) is 0. The van der Waals surface area contributed by atoms with Crippen LogP contribution in [0.15, 0.2) is 0 Å². The van der Waals surface area contributed by atoms with Gasteiger partial charge in [0, 0.05) is 6.54 Å². The van der Waals surface area contributed by atoms with E-state index in [0.717, 1.165) is 32.7 Å². The van der Waals surface area contributed by atoms with Crippen molar-refractivity contribution in [3.8, 4) is 0 Å². The van der Waals surface area contributed by atoms with Gasteiger partial charge in [-0.2, -0.15) is 0 Å². The van der Waals surface area contributed by atoms with Crippen LogP contribution in [0.2, 0.25) is 0 Å². The first-order chi connectivity index (χ1) is 9.95. The molecule has 0 aromatic carbocycles. The molecule has 0 aliphatic heterocycles. The summed E-state index contributed by atoms with van der Waals surface area (Å²) in [6.45, 7) is 7.97. The fourth-order valence-corrected chi connectivity index (χ4v) is 2.40. The number of hydrogen-bond donors (Lipinski definition) is 1. The van der Waals surface area contributed by atoms with Gasteiger partial charge in [-0.1, -0.05) is 0 Å². The lowest BCUT2D eigenvalue weighted by Gasteiger charge is -2.25. The van der Waals surface area contributed by atoms with Crippen LogP contribution < -0.4 is 0 Å². The molecule has 0 fully saturated rings. The summed E-state index contributed by atoms with van der Waals surface area (Å²) in [4.78, 5) is 9.32. The largest absolute Gasteiger partial charge is 0.395 e. The van der Waals surface area contributed by atoms with E-state index in [9.17, 15) is 0 Å². The van der Waals surface area contributed by atoms with E-state index < -0.39 is 0 Å². The SMILES string of the molecule is CN(C)CCCN(CCCN(C)C)CCCN(C)CCO. The van der Waals surface area contributed by atoms with E-state index in [2.05, 4.69) is 54.8 Å². The third kappa shape index (κ3) is 14.5. The minimum absolute atomic E-state index is 0.256. The quantitative estimate of drug-likeness (QED) is 0.505. The van der Waals surface area contributed by atoms with Crippen LogP contribution in [0, 0.1) is 0 Å². The van der Waals surface area contributed by atoms with Crippen molar-refractivity contribution in [3.63, 3.8) is 0 Å². The lowest BCUT2D eigenvalue weighted by atomic mass is 10.2. The van der Waals surface area contributed by atoms with Crippen LogP contribution in [0.5, 0.6) is 0 Å². The van der Waals surface area contributed by atoms with E-state index in [0.29, 0.717) is 0 Å². The highest BCUT2D eigenvalue weighted by atomic mass is 16.3. The number of likely N-dealkylation sites (N-methyl/N-ethyl adjacent to an activating group) is 1. The molecule has 0 saturated heterocycles. The Kier molecular flexibility index (Phi) is 13.3. The predicted molar refractivity (Wildman–Crippen MR) is 92.0 cm³/mol.